The lowest BCUT2D eigenvalue weighted by molar-refractivity contribution is -0.117. The molecule has 3 unspecified atom stereocenters. The third kappa shape index (κ3) is 1.80. The summed E-state index contributed by atoms with van der Waals surface area (Å²) < 4.78 is 0. The first-order valence-corrected chi connectivity index (χ1v) is 7.72. The molecule has 0 aromatic heterocycles. The molecule has 0 aliphatic heterocycles. The third-order valence-electron chi connectivity index (χ3n) is 5.47. The molecular weight excluding hydrogens is 244 g/mol. The van der Waals surface area contributed by atoms with Crippen molar-refractivity contribution in [1.29, 1.82) is 0 Å². The number of ketones is 1. The van der Waals surface area contributed by atoms with Gasteiger partial charge in [-0.05, 0) is 42.2 Å². The zero-order chi connectivity index (χ0) is 13.6. The molecule has 1 saturated carbocycles. The van der Waals surface area contributed by atoms with E-state index < -0.39 is 0 Å². The molecule has 1 aromatic rings. The highest BCUT2D eigenvalue weighted by molar-refractivity contribution is 5.83. The van der Waals surface area contributed by atoms with Crippen LogP contribution in [0.15, 0.2) is 48.6 Å². The van der Waals surface area contributed by atoms with Gasteiger partial charge in [-0.25, -0.2) is 0 Å². The standard InChI is InChI=1S/C19H20O/c20-17-9-10-19(13-17)12-16-7-2-1-5-14(16)11-15-6-3-4-8-18(15)19/h1-8,14,16H,9-13H2. The highest BCUT2D eigenvalue weighted by Crippen LogP contribution is 2.50. The number of allylic oxidation sites excluding steroid dienone is 4. The molecule has 0 amide bonds. The maximum absolute atomic E-state index is 12.0. The summed E-state index contributed by atoms with van der Waals surface area (Å²) in [6.45, 7) is 0. The van der Waals surface area contributed by atoms with E-state index in [-0.39, 0.29) is 5.41 Å². The van der Waals surface area contributed by atoms with Gasteiger partial charge in [0.25, 0.3) is 0 Å². The molecule has 1 aromatic carbocycles. The Morgan fingerprint density at radius 1 is 1.05 bits per heavy atom. The van der Waals surface area contributed by atoms with Crippen molar-refractivity contribution in [3.63, 3.8) is 0 Å². The van der Waals surface area contributed by atoms with Crippen LogP contribution in [0.4, 0.5) is 0 Å². The molecule has 0 radical (unpaired) electrons. The van der Waals surface area contributed by atoms with Crippen LogP contribution < -0.4 is 0 Å². The Labute approximate surface area is 120 Å². The van der Waals surface area contributed by atoms with Crippen molar-refractivity contribution < 1.29 is 4.79 Å². The molecule has 20 heavy (non-hydrogen) atoms. The van der Waals surface area contributed by atoms with Crippen molar-refractivity contribution in [3.05, 3.63) is 59.7 Å². The van der Waals surface area contributed by atoms with Gasteiger partial charge >= 0.3 is 0 Å². The molecule has 0 bridgehead atoms. The van der Waals surface area contributed by atoms with Crippen LogP contribution >= 0.6 is 0 Å². The van der Waals surface area contributed by atoms with E-state index in [0.29, 0.717) is 17.6 Å². The Kier molecular flexibility index (Phi) is 2.70. The summed E-state index contributed by atoms with van der Waals surface area (Å²) in [5.74, 6) is 1.66. The van der Waals surface area contributed by atoms with Gasteiger partial charge in [0.15, 0.2) is 0 Å². The van der Waals surface area contributed by atoms with Gasteiger partial charge in [-0.15, -0.1) is 0 Å². The number of rotatable bonds is 0. The third-order valence-corrected chi connectivity index (χ3v) is 5.47. The fourth-order valence-corrected chi connectivity index (χ4v) is 4.51. The Morgan fingerprint density at radius 3 is 2.65 bits per heavy atom. The summed E-state index contributed by atoms with van der Waals surface area (Å²) in [5, 5.41) is 0. The van der Waals surface area contributed by atoms with Gasteiger partial charge in [0.1, 0.15) is 5.78 Å². The first kappa shape index (κ1) is 12.1. The maximum atomic E-state index is 12.0. The monoisotopic (exact) mass is 264 g/mol. The van der Waals surface area contributed by atoms with E-state index in [1.165, 1.54) is 11.1 Å². The topological polar surface area (TPSA) is 17.1 Å². The summed E-state index contributed by atoms with van der Waals surface area (Å²) >= 11 is 0. The van der Waals surface area contributed by atoms with E-state index >= 15 is 0 Å². The number of carbonyl (C=O) groups is 1. The number of Topliss-reactive ketones (excluding diaryl/α,β-unsaturated/α-hetero) is 1. The highest BCUT2D eigenvalue weighted by Gasteiger charge is 2.45. The fraction of sp³-hybridized carbons (Fsp3) is 0.421. The zero-order valence-corrected chi connectivity index (χ0v) is 11.7. The Bertz CT molecular complexity index is 610. The molecule has 3 aliphatic rings. The minimum Gasteiger partial charge on any atom is -0.300 e. The van der Waals surface area contributed by atoms with Crippen molar-refractivity contribution in [2.45, 2.75) is 37.5 Å². The molecular formula is C19H20O. The van der Waals surface area contributed by atoms with Crippen LogP contribution in [-0.4, -0.2) is 5.78 Å². The average molecular weight is 264 g/mol. The number of carbonyl (C=O) groups excluding carboxylic acids is 1. The van der Waals surface area contributed by atoms with Crippen LogP contribution in [0.5, 0.6) is 0 Å². The second kappa shape index (κ2) is 4.44. The maximum Gasteiger partial charge on any atom is 0.133 e. The molecule has 1 fully saturated rings. The Hall–Kier alpha value is -1.63. The molecule has 4 rings (SSSR count). The minimum absolute atomic E-state index is 0.114. The molecule has 1 nitrogen and oxygen atoms in total. The summed E-state index contributed by atoms with van der Waals surface area (Å²) in [7, 11) is 0. The second-order valence-corrected chi connectivity index (χ2v) is 6.66. The van der Waals surface area contributed by atoms with Crippen LogP contribution in [0.1, 0.15) is 36.8 Å². The SMILES string of the molecule is O=C1CCC2(C1)CC1C=CC=CC1Cc1ccccc12. The van der Waals surface area contributed by atoms with Crippen LogP contribution in [0.25, 0.3) is 0 Å². The molecule has 1 heteroatoms. The van der Waals surface area contributed by atoms with Gasteiger partial charge < -0.3 is 0 Å². The lowest BCUT2D eigenvalue weighted by Crippen LogP contribution is -2.26. The van der Waals surface area contributed by atoms with Crippen molar-refractivity contribution in [2.75, 3.05) is 0 Å². The molecule has 3 aliphatic carbocycles. The molecule has 1 spiro atoms. The van der Waals surface area contributed by atoms with Gasteiger partial charge in [-0.1, -0.05) is 48.6 Å². The van der Waals surface area contributed by atoms with E-state index in [0.717, 1.165) is 32.1 Å². The average Bonchev–Trinajstić information content (AvgIpc) is 2.77. The molecule has 3 atom stereocenters. The summed E-state index contributed by atoms with van der Waals surface area (Å²) in [6, 6.07) is 8.84. The normalized spacial score (nSPS) is 34.9. The largest absolute Gasteiger partial charge is 0.300 e. The Balaban J connectivity index is 1.84. The number of fused-ring (bicyclic) bond motifs is 3. The predicted octanol–water partition coefficient (Wildman–Crippen LogP) is 3.98. The number of benzene rings is 1. The van der Waals surface area contributed by atoms with Gasteiger partial charge in [0.2, 0.25) is 0 Å². The predicted molar refractivity (Wildman–Crippen MR) is 80.6 cm³/mol. The first-order chi connectivity index (χ1) is 9.77. The molecule has 0 N–H and O–H groups in total. The lowest BCUT2D eigenvalue weighted by atomic mass is 9.71. The molecule has 102 valence electrons. The van der Waals surface area contributed by atoms with Crippen molar-refractivity contribution in [2.24, 2.45) is 11.8 Å². The van der Waals surface area contributed by atoms with E-state index in [1.54, 1.807) is 0 Å². The quantitative estimate of drug-likeness (QED) is 0.692. The summed E-state index contributed by atoms with van der Waals surface area (Å²) in [4.78, 5) is 12.0. The number of hydrogen-bond donors (Lipinski definition) is 0. The highest BCUT2D eigenvalue weighted by atomic mass is 16.1. The lowest BCUT2D eigenvalue weighted by Gasteiger charge is -2.32. The van der Waals surface area contributed by atoms with Gasteiger partial charge in [0.05, 0.1) is 0 Å². The minimum atomic E-state index is 0.114. The zero-order valence-electron chi connectivity index (χ0n) is 11.7. The van der Waals surface area contributed by atoms with Crippen LogP contribution in [0.3, 0.4) is 0 Å². The van der Waals surface area contributed by atoms with E-state index in [4.69, 9.17) is 0 Å². The summed E-state index contributed by atoms with van der Waals surface area (Å²) in [5.41, 5.74) is 3.04. The van der Waals surface area contributed by atoms with Gasteiger partial charge in [-0.3, -0.25) is 4.79 Å². The Morgan fingerprint density at radius 2 is 1.85 bits per heavy atom. The molecule has 0 saturated heterocycles. The first-order valence-electron chi connectivity index (χ1n) is 7.72. The summed E-state index contributed by atoms with van der Waals surface area (Å²) in [6.07, 6.45) is 13.9. The van der Waals surface area contributed by atoms with Gasteiger partial charge in [0, 0.05) is 18.3 Å². The van der Waals surface area contributed by atoms with E-state index in [9.17, 15) is 4.79 Å². The van der Waals surface area contributed by atoms with Gasteiger partial charge in [-0.2, -0.15) is 0 Å². The smallest absolute Gasteiger partial charge is 0.133 e. The van der Waals surface area contributed by atoms with Crippen LogP contribution in [0.2, 0.25) is 0 Å². The van der Waals surface area contributed by atoms with Crippen molar-refractivity contribution in [1.82, 2.24) is 0 Å². The fourth-order valence-electron chi connectivity index (χ4n) is 4.51. The van der Waals surface area contributed by atoms with Crippen LogP contribution in [-0.2, 0) is 16.6 Å². The van der Waals surface area contributed by atoms with E-state index in [2.05, 4.69) is 48.6 Å². The number of hydrogen-bond acceptors (Lipinski definition) is 1. The second-order valence-electron chi connectivity index (χ2n) is 6.66. The molecule has 0 heterocycles. The van der Waals surface area contributed by atoms with Crippen molar-refractivity contribution >= 4 is 5.78 Å². The van der Waals surface area contributed by atoms with E-state index in [1.807, 2.05) is 0 Å². The van der Waals surface area contributed by atoms with Crippen LogP contribution in [0, 0.1) is 11.8 Å². The van der Waals surface area contributed by atoms with Crippen molar-refractivity contribution in [3.8, 4) is 0 Å².